The van der Waals surface area contributed by atoms with Gasteiger partial charge in [0.15, 0.2) is 0 Å². The molecule has 5 nitrogen and oxygen atoms in total. The normalized spacial score (nSPS) is 11.1. The summed E-state index contributed by atoms with van der Waals surface area (Å²) in [5.74, 6) is -0.0727. The van der Waals surface area contributed by atoms with Gasteiger partial charge < -0.3 is 5.32 Å². The maximum absolute atomic E-state index is 12.4. The first kappa shape index (κ1) is 19.1. The second-order valence-electron chi connectivity index (χ2n) is 6.15. The van der Waals surface area contributed by atoms with Gasteiger partial charge in [-0.2, -0.15) is 0 Å². The maximum Gasteiger partial charge on any atom is 0.261 e. The zero-order valence-corrected chi connectivity index (χ0v) is 16.4. The van der Waals surface area contributed by atoms with E-state index in [1.807, 2.05) is 30.5 Å². The van der Waals surface area contributed by atoms with Gasteiger partial charge in [-0.25, -0.2) is 8.42 Å². The van der Waals surface area contributed by atoms with Gasteiger partial charge in [-0.3, -0.25) is 9.52 Å². The van der Waals surface area contributed by atoms with Crippen LogP contribution in [-0.4, -0.2) is 14.3 Å². The molecule has 0 radical (unpaired) electrons. The Balaban J connectivity index is 1.59. The van der Waals surface area contributed by atoms with E-state index in [4.69, 9.17) is 0 Å². The summed E-state index contributed by atoms with van der Waals surface area (Å²) in [5.41, 5.74) is 2.15. The molecule has 0 unspecified atom stereocenters. The Hall–Kier alpha value is -2.64. The summed E-state index contributed by atoms with van der Waals surface area (Å²) in [5, 5.41) is 4.84. The molecule has 1 aromatic heterocycles. The Labute approximate surface area is 163 Å². The fourth-order valence-electron chi connectivity index (χ4n) is 2.53. The van der Waals surface area contributed by atoms with Crippen molar-refractivity contribution in [3.8, 4) is 0 Å². The first-order valence-corrected chi connectivity index (χ1v) is 10.8. The summed E-state index contributed by atoms with van der Waals surface area (Å²) < 4.78 is 27.4. The van der Waals surface area contributed by atoms with Crippen molar-refractivity contribution in [3.63, 3.8) is 0 Å². The van der Waals surface area contributed by atoms with E-state index in [0.29, 0.717) is 12.2 Å². The van der Waals surface area contributed by atoms with E-state index in [2.05, 4.69) is 10.0 Å². The van der Waals surface area contributed by atoms with Gasteiger partial charge in [0.1, 0.15) is 0 Å². The number of benzene rings is 2. The zero-order chi connectivity index (χ0) is 19.3. The van der Waals surface area contributed by atoms with Gasteiger partial charge in [-0.05, 0) is 53.8 Å². The van der Waals surface area contributed by atoms with Crippen molar-refractivity contribution in [2.24, 2.45) is 0 Å². The van der Waals surface area contributed by atoms with Crippen molar-refractivity contribution in [1.29, 1.82) is 0 Å². The quantitative estimate of drug-likeness (QED) is 0.635. The van der Waals surface area contributed by atoms with Gasteiger partial charge in [0.2, 0.25) is 5.91 Å². The molecular weight excluding hydrogens is 380 g/mol. The molecule has 0 saturated carbocycles. The molecule has 27 heavy (non-hydrogen) atoms. The lowest BCUT2D eigenvalue weighted by Crippen LogP contribution is -2.24. The third-order valence-electron chi connectivity index (χ3n) is 3.91. The highest BCUT2D eigenvalue weighted by Crippen LogP contribution is 2.18. The van der Waals surface area contributed by atoms with E-state index in [1.165, 1.54) is 0 Å². The molecular formula is C20H20N2O3S2. The van der Waals surface area contributed by atoms with Crippen LogP contribution in [0.4, 0.5) is 5.69 Å². The number of nitrogens with one attached hydrogen (secondary N) is 2. The van der Waals surface area contributed by atoms with Crippen LogP contribution in [0.1, 0.15) is 16.0 Å². The number of sulfonamides is 1. The molecule has 2 N–H and O–H groups in total. The summed E-state index contributed by atoms with van der Waals surface area (Å²) in [6.45, 7) is 2.36. The molecule has 7 heteroatoms. The van der Waals surface area contributed by atoms with E-state index in [-0.39, 0.29) is 17.2 Å². The number of carbonyl (C=O) groups is 1. The van der Waals surface area contributed by atoms with E-state index in [0.717, 1.165) is 16.0 Å². The van der Waals surface area contributed by atoms with Gasteiger partial charge in [0.25, 0.3) is 10.0 Å². The Morgan fingerprint density at radius 3 is 2.48 bits per heavy atom. The topological polar surface area (TPSA) is 75.3 Å². The van der Waals surface area contributed by atoms with Gasteiger partial charge >= 0.3 is 0 Å². The molecule has 0 fully saturated rings. The van der Waals surface area contributed by atoms with Crippen LogP contribution >= 0.6 is 11.3 Å². The smallest absolute Gasteiger partial charge is 0.261 e. The highest BCUT2D eigenvalue weighted by Gasteiger charge is 2.14. The van der Waals surface area contributed by atoms with Crippen LogP contribution in [0.5, 0.6) is 0 Å². The molecule has 1 amide bonds. The number of rotatable bonds is 7. The first-order chi connectivity index (χ1) is 12.9. The fraction of sp³-hybridized carbons (Fsp3) is 0.150. The lowest BCUT2D eigenvalue weighted by atomic mass is 10.1. The lowest BCUT2D eigenvalue weighted by Gasteiger charge is -2.09. The van der Waals surface area contributed by atoms with Crippen molar-refractivity contribution in [3.05, 3.63) is 82.0 Å². The maximum atomic E-state index is 12.4. The fourth-order valence-corrected chi connectivity index (χ4v) is 4.34. The minimum Gasteiger partial charge on any atom is -0.351 e. The summed E-state index contributed by atoms with van der Waals surface area (Å²) in [6.07, 6.45) is 0.246. The Bertz CT molecular complexity index is 1010. The molecule has 0 spiro atoms. The average Bonchev–Trinajstić information content (AvgIpc) is 3.15. The number of carbonyl (C=O) groups excluding carboxylic acids is 1. The Morgan fingerprint density at radius 1 is 1.04 bits per heavy atom. The number of aryl methyl sites for hydroxylation is 1. The van der Waals surface area contributed by atoms with Gasteiger partial charge in [-0.15, -0.1) is 11.3 Å². The molecule has 2 aromatic carbocycles. The average molecular weight is 401 g/mol. The monoisotopic (exact) mass is 400 g/mol. The summed E-state index contributed by atoms with van der Waals surface area (Å²) in [4.78, 5) is 13.3. The molecule has 0 aliphatic heterocycles. The molecule has 1 heterocycles. The van der Waals surface area contributed by atoms with Crippen LogP contribution < -0.4 is 10.0 Å². The van der Waals surface area contributed by atoms with Crippen molar-refractivity contribution < 1.29 is 13.2 Å². The van der Waals surface area contributed by atoms with E-state index in [9.17, 15) is 13.2 Å². The Morgan fingerprint density at radius 2 is 1.81 bits per heavy atom. The molecule has 0 aliphatic carbocycles. The Kier molecular flexibility index (Phi) is 5.93. The SMILES string of the molecule is Cc1cccc(S(=O)(=O)Nc2ccc(CC(=O)NCc3cccs3)cc2)c1. The van der Waals surface area contributed by atoms with E-state index in [1.54, 1.807) is 53.8 Å². The third kappa shape index (κ3) is 5.42. The van der Waals surface area contributed by atoms with Gasteiger partial charge in [0, 0.05) is 10.6 Å². The predicted molar refractivity (Wildman–Crippen MR) is 108 cm³/mol. The van der Waals surface area contributed by atoms with Gasteiger partial charge in [0.05, 0.1) is 17.9 Å². The molecule has 0 bridgehead atoms. The minimum absolute atomic E-state index is 0.0727. The predicted octanol–water partition coefficient (Wildman–Crippen LogP) is 3.72. The van der Waals surface area contributed by atoms with E-state index >= 15 is 0 Å². The highest BCUT2D eigenvalue weighted by atomic mass is 32.2. The highest BCUT2D eigenvalue weighted by molar-refractivity contribution is 7.92. The molecule has 0 saturated heterocycles. The van der Waals surface area contributed by atoms with Crippen molar-refractivity contribution in [2.75, 3.05) is 4.72 Å². The second-order valence-corrected chi connectivity index (χ2v) is 8.87. The summed E-state index contributed by atoms with van der Waals surface area (Å²) in [7, 11) is -3.63. The van der Waals surface area contributed by atoms with Crippen LogP contribution in [0.15, 0.2) is 70.9 Å². The van der Waals surface area contributed by atoms with E-state index < -0.39 is 10.0 Å². The van der Waals surface area contributed by atoms with Crippen LogP contribution in [0, 0.1) is 6.92 Å². The largest absolute Gasteiger partial charge is 0.351 e. The first-order valence-electron chi connectivity index (χ1n) is 8.40. The van der Waals surface area contributed by atoms with Crippen LogP contribution in [0.2, 0.25) is 0 Å². The molecule has 3 rings (SSSR count). The summed E-state index contributed by atoms with van der Waals surface area (Å²) >= 11 is 1.60. The zero-order valence-electron chi connectivity index (χ0n) is 14.8. The number of thiophene rings is 1. The van der Waals surface area contributed by atoms with Gasteiger partial charge in [-0.1, -0.05) is 30.3 Å². The van der Waals surface area contributed by atoms with Crippen molar-refractivity contribution in [2.45, 2.75) is 24.8 Å². The second kappa shape index (κ2) is 8.37. The number of hydrogen-bond donors (Lipinski definition) is 2. The molecule has 3 aromatic rings. The molecule has 0 aliphatic rings. The molecule has 140 valence electrons. The summed E-state index contributed by atoms with van der Waals surface area (Å²) in [6, 6.07) is 17.5. The third-order valence-corrected chi connectivity index (χ3v) is 6.17. The minimum atomic E-state index is -3.63. The van der Waals surface area contributed by atoms with Crippen LogP contribution in [0.3, 0.4) is 0 Å². The lowest BCUT2D eigenvalue weighted by molar-refractivity contribution is -0.120. The number of anilines is 1. The molecule has 0 atom stereocenters. The number of amides is 1. The van der Waals surface area contributed by atoms with Crippen LogP contribution in [0.25, 0.3) is 0 Å². The van der Waals surface area contributed by atoms with Crippen LogP contribution in [-0.2, 0) is 27.8 Å². The standard InChI is InChI=1S/C20H20N2O3S2/c1-15-4-2-6-19(12-15)27(24,25)22-17-9-7-16(8-10-17)13-20(23)21-14-18-5-3-11-26-18/h2-12,22H,13-14H2,1H3,(H,21,23). The number of hydrogen-bond acceptors (Lipinski definition) is 4. The van der Waals surface area contributed by atoms with Crippen molar-refractivity contribution >= 4 is 33.0 Å². The van der Waals surface area contributed by atoms with Crippen molar-refractivity contribution in [1.82, 2.24) is 5.32 Å².